The molecule has 0 bridgehead atoms. The Morgan fingerprint density at radius 2 is 1.54 bits per heavy atom. The maximum absolute atomic E-state index is 10.0. The van der Waals surface area contributed by atoms with Gasteiger partial charge in [0.15, 0.2) is 0 Å². The quantitative estimate of drug-likeness (QED) is 0.411. The predicted octanol–water partition coefficient (Wildman–Crippen LogP) is 2.70. The fourth-order valence-electron chi connectivity index (χ4n) is 0.689. The zero-order valence-electron chi connectivity index (χ0n) is 8.71. The van der Waals surface area contributed by atoms with Crippen molar-refractivity contribution in [1.29, 1.82) is 0 Å². The molecule has 0 amide bonds. The van der Waals surface area contributed by atoms with Gasteiger partial charge in [-0.25, -0.2) is 0 Å². The molecule has 13 heavy (non-hydrogen) atoms. The molecule has 0 spiro atoms. The Morgan fingerprint density at radius 3 is 1.62 bits per heavy atom. The van der Waals surface area contributed by atoms with Crippen LogP contribution in [0.3, 0.4) is 0 Å². The molecule has 0 aliphatic heterocycles. The summed E-state index contributed by atoms with van der Waals surface area (Å²) in [5.41, 5.74) is 0. The summed E-state index contributed by atoms with van der Waals surface area (Å²) < 4.78 is 0. The number of ketones is 2. The standard InChI is InChI=1S/C5H8O2.C5H11.Fe/c1-4(6)3-5(2)7;1-3-5-4-2;/h3H2,1-2H3;1,3-5H2,2H3;. The first kappa shape index (κ1) is 15.3. The number of unbranched alkanes of at least 4 members (excludes halogenated alkanes) is 2. The molecule has 0 rings (SSSR count). The second-order valence-electron chi connectivity index (χ2n) is 2.96. The molecule has 0 N–H and O–H groups in total. The third-order valence-corrected chi connectivity index (χ3v) is 1.62. The van der Waals surface area contributed by atoms with Gasteiger partial charge in [0, 0.05) is 0 Å². The third-order valence-electron chi connectivity index (χ3n) is 1.23. The first-order valence-electron chi connectivity index (χ1n) is 4.57. The van der Waals surface area contributed by atoms with Gasteiger partial charge in [0.1, 0.15) is 11.6 Å². The topological polar surface area (TPSA) is 34.1 Å². The van der Waals surface area contributed by atoms with Crippen molar-refractivity contribution in [3.05, 3.63) is 0 Å². The van der Waals surface area contributed by atoms with E-state index < -0.39 is 0 Å². The summed E-state index contributed by atoms with van der Waals surface area (Å²) in [6.07, 6.45) is 4.05. The van der Waals surface area contributed by atoms with Crippen molar-refractivity contribution in [3.63, 3.8) is 0 Å². The average Bonchev–Trinajstić information content (AvgIpc) is 1.99. The van der Waals surface area contributed by atoms with Crippen molar-refractivity contribution in [1.82, 2.24) is 0 Å². The van der Waals surface area contributed by atoms with Crippen LogP contribution < -0.4 is 0 Å². The maximum atomic E-state index is 10.0. The first-order chi connectivity index (χ1) is 6.04. The summed E-state index contributed by atoms with van der Waals surface area (Å²) in [5.74, 6) is -0.125. The van der Waals surface area contributed by atoms with Gasteiger partial charge in [-0.2, -0.15) is 0 Å². The minimum atomic E-state index is -0.0625. The summed E-state index contributed by atoms with van der Waals surface area (Å²) in [4.78, 5) is 20.1. The van der Waals surface area contributed by atoms with Crippen molar-refractivity contribution in [2.45, 2.75) is 51.8 Å². The van der Waals surface area contributed by atoms with Gasteiger partial charge < -0.3 is 0 Å². The zero-order chi connectivity index (χ0) is 10.7. The molecular weight excluding hydrogens is 208 g/mol. The van der Waals surface area contributed by atoms with Crippen LogP contribution >= 0.6 is 0 Å². The fourth-order valence-corrected chi connectivity index (χ4v) is 0.965. The van der Waals surface area contributed by atoms with Crippen LogP contribution in [0.5, 0.6) is 0 Å². The normalized spacial score (nSPS) is 8.62. The molecule has 3 heteroatoms. The van der Waals surface area contributed by atoms with Crippen LogP contribution in [0.25, 0.3) is 0 Å². The van der Waals surface area contributed by atoms with Gasteiger partial charge >= 0.3 is 47.5 Å². The van der Waals surface area contributed by atoms with E-state index in [1.54, 1.807) is 0 Å². The van der Waals surface area contributed by atoms with Crippen LogP contribution in [-0.4, -0.2) is 11.6 Å². The Hall–Kier alpha value is -0.141. The van der Waals surface area contributed by atoms with Gasteiger partial charge in [-0.3, -0.25) is 9.59 Å². The third kappa shape index (κ3) is 24.5. The number of hydrogen-bond acceptors (Lipinski definition) is 2. The number of Topliss-reactive ketones (excluding diaryl/α,β-unsaturated/α-hetero) is 2. The van der Waals surface area contributed by atoms with Gasteiger partial charge in [-0.05, 0) is 13.8 Å². The minimum absolute atomic E-state index is 0.0625. The van der Waals surface area contributed by atoms with E-state index in [1.165, 1.54) is 33.1 Å². The van der Waals surface area contributed by atoms with E-state index in [-0.39, 0.29) is 18.0 Å². The van der Waals surface area contributed by atoms with E-state index in [1.807, 2.05) is 0 Å². The molecule has 0 saturated heterocycles. The molecule has 0 aliphatic rings. The summed E-state index contributed by atoms with van der Waals surface area (Å²) in [7, 11) is 0. The number of carbonyl (C=O) groups is 2. The summed E-state index contributed by atoms with van der Waals surface area (Å²) >= 11 is 3.72. The van der Waals surface area contributed by atoms with Crippen molar-refractivity contribution in [2.24, 2.45) is 0 Å². The van der Waals surface area contributed by atoms with E-state index >= 15 is 0 Å². The van der Waals surface area contributed by atoms with Crippen LogP contribution in [0.4, 0.5) is 0 Å². The number of hydrogen-bond donors (Lipinski definition) is 0. The van der Waals surface area contributed by atoms with Crippen LogP contribution in [0.1, 0.15) is 46.5 Å². The van der Waals surface area contributed by atoms with E-state index in [4.69, 9.17) is 0 Å². The van der Waals surface area contributed by atoms with E-state index in [0.29, 0.717) is 0 Å². The summed E-state index contributed by atoms with van der Waals surface area (Å²) in [6, 6.07) is 0. The summed E-state index contributed by atoms with van der Waals surface area (Å²) in [6.45, 7) is 5.01. The molecule has 0 saturated carbocycles. The molecule has 0 atom stereocenters. The molecule has 2 nitrogen and oxygen atoms in total. The van der Waals surface area contributed by atoms with Crippen molar-refractivity contribution in [3.8, 4) is 0 Å². The molecule has 0 radical (unpaired) electrons. The Labute approximate surface area is 89.3 Å². The van der Waals surface area contributed by atoms with E-state index in [2.05, 4.69) is 22.9 Å². The van der Waals surface area contributed by atoms with E-state index in [0.717, 1.165) is 5.32 Å². The monoisotopic (exact) mass is 227 g/mol. The summed E-state index contributed by atoms with van der Waals surface area (Å²) in [5, 5.41) is 1.10. The van der Waals surface area contributed by atoms with Crippen molar-refractivity contribution >= 4 is 11.6 Å². The second kappa shape index (κ2) is 11.9. The van der Waals surface area contributed by atoms with Crippen molar-refractivity contribution in [2.75, 3.05) is 0 Å². The Balaban J connectivity index is 0. The number of carbonyl (C=O) groups excluding carboxylic acids is 2. The molecular formula is C10H19FeO2. The molecule has 0 aromatic carbocycles. The van der Waals surface area contributed by atoms with Gasteiger partial charge in [0.2, 0.25) is 0 Å². The molecule has 79 valence electrons. The molecule has 0 aromatic rings. The first-order valence-corrected chi connectivity index (χ1v) is 5.35. The van der Waals surface area contributed by atoms with Crippen LogP contribution in [-0.2, 0) is 25.6 Å². The van der Waals surface area contributed by atoms with Gasteiger partial charge in [-0.1, -0.05) is 0 Å². The Kier molecular flexibility index (Phi) is 14.0. The average molecular weight is 227 g/mol. The van der Waals surface area contributed by atoms with Crippen LogP contribution in [0.15, 0.2) is 0 Å². The van der Waals surface area contributed by atoms with Crippen molar-refractivity contribution < 1.29 is 25.6 Å². The van der Waals surface area contributed by atoms with E-state index in [9.17, 15) is 9.59 Å². The SMILES string of the molecule is CC(=O)CC(C)=O.CCCC[CH2][Fe]. The molecule has 0 aliphatic carbocycles. The fraction of sp³-hybridized carbons (Fsp3) is 0.800. The van der Waals surface area contributed by atoms with Crippen LogP contribution in [0, 0.1) is 0 Å². The van der Waals surface area contributed by atoms with Crippen LogP contribution in [0.2, 0.25) is 5.32 Å². The second-order valence-corrected chi connectivity index (χ2v) is 3.52. The van der Waals surface area contributed by atoms with Gasteiger partial charge in [0.05, 0.1) is 6.42 Å². The molecule has 0 aromatic heterocycles. The zero-order valence-corrected chi connectivity index (χ0v) is 9.81. The predicted molar refractivity (Wildman–Crippen MR) is 50.3 cm³/mol. The number of rotatable bonds is 5. The molecule has 0 unspecified atom stereocenters. The molecule has 0 fully saturated rings. The Morgan fingerprint density at radius 1 is 1.08 bits per heavy atom. The molecule has 0 heterocycles. The van der Waals surface area contributed by atoms with Gasteiger partial charge in [-0.15, -0.1) is 0 Å². The Bertz CT molecular complexity index is 128. The van der Waals surface area contributed by atoms with Gasteiger partial charge in [0.25, 0.3) is 0 Å².